The van der Waals surface area contributed by atoms with Gasteiger partial charge >= 0.3 is 0 Å². The Bertz CT molecular complexity index is 546. The molecule has 1 fully saturated rings. The van der Waals surface area contributed by atoms with E-state index in [9.17, 15) is 0 Å². The van der Waals surface area contributed by atoms with Gasteiger partial charge in [0, 0.05) is 23.9 Å². The number of fused-ring (bicyclic) bond motifs is 1. The Kier molecular flexibility index (Phi) is 2.15. The first-order chi connectivity index (χ1) is 8.04. The van der Waals surface area contributed by atoms with Crippen LogP contribution in [0.2, 0.25) is 0 Å². The molecule has 2 aromatic heterocycles. The van der Waals surface area contributed by atoms with Crippen molar-refractivity contribution in [2.75, 3.05) is 5.32 Å². The van der Waals surface area contributed by atoms with Gasteiger partial charge in [-0.15, -0.1) is 0 Å². The summed E-state index contributed by atoms with van der Waals surface area (Å²) < 4.78 is 1.91. The van der Waals surface area contributed by atoms with Crippen LogP contribution in [0.3, 0.4) is 0 Å². The molecule has 0 bridgehead atoms. The van der Waals surface area contributed by atoms with E-state index in [0.717, 1.165) is 17.0 Å². The second-order valence-electron chi connectivity index (χ2n) is 5.80. The number of hydrogen-bond donors (Lipinski definition) is 1. The summed E-state index contributed by atoms with van der Waals surface area (Å²) >= 11 is 0. The molecular weight excluding hydrogens is 212 g/mol. The third kappa shape index (κ3) is 1.99. The molecule has 0 atom stereocenters. The Labute approximate surface area is 101 Å². The lowest BCUT2D eigenvalue weighted by atomic mass is 9.92. The lowest BCUT2D eigenvalue weighted by molar-refractivity contribution is 0.562. The molecule has 1 aliphatic rings. The Hall–Kier alpha value is -1.58. The predicted molar refractivity (Wildman–Crippen MR) is 68.3 cm³/mol. The molecule has 0 saturated heterocycles. The predicted octanol–water partition coefficient (Wildman–Crippen LogP) is 2.60. The van der Waals surface area contributed by atoms with Crippen LogP contribution < -0.4 is 5.32 Å². The topological polar surface area (TPSA) is 42.2 Å². The third-order valence-corrected chi connectivity index (χ3v) is 3.08. The largest absolute Gasteiger partial charge is 0.366 e. The second kappa shape index (κ2) is 3.45. The second-order valence-corrected chi connectivity index (χ2v) is 5.80. The van der Waals surface area contributed by atoms with Gasteiger partial charge in [0.1, 0.15) is 5.52 Å². The smallest absolute Gasteiger partial charge is 0.152 e. The van der Waals surface area contributed by atoms with E-state index in [1.54, 1.807) is 6.20 Å². The van der Waals surface area contributed by atoms with Gasteiger partial charge in [0.05, 0.1) is 5.69 Å². The molecule has 2 heterocycles. The molecule has 17 heavy (non-hydrogen) atoms. The summed E-state index contributed by atoms with van der Waals surface area (Å²) in [6.07, 6.45) is 6.21. The first-order valence-electron chi connectivity index (χ1n) is 6.15. The molecule has 0 aliphatic heterocycles. The van der Waals surface area contributed by atoms with Gasteiger partial charge in [-0.2, -0.15) is 5.10 Å². The van der Waals surface area contributed by atoms with Gasteiger partial charge in [-0.05, 0) is 18.9 Å². The van der Waals surface area contributed by atoms with E-state index >= 15 is 0 Å². The fourth-order valence-electron chi connectivity index (χ4n) is 1.82. The van der Waals surface area contributed by atoms with Gasteiger partial charge in [0.15, 0.2) is 5.82 Å². The van der Waals surface area contributed by atoms with Gasteiger partial charge in [0.25, 0.3) is 0 Å². The minimum absolute atomic E-state index is 0.0723. The SMILES string of the molecule is CC(C)(C)c1cc2c(NC3CC3)nccn2n1. The van der Waals surface area contributed by atoms with Crippen molar-refractivity contribution >= 4 is 11.3 Å². The summed E-state index contributed by atoms with van der Waals surface area (Å²) in [7, 11) is 0. The minimum Gasteiger partial charge on any atom is -0.366 e. The zero-order valence-electron chi connectivity index (χ0n) is 10.6. The maximum absolute atomic E-state index is 4.61. The zero-order chi connectivity index (χ0) is 12.0. The summed E-state index contributed by atoms with van der Waals surface area (Å²) in [5, 5.41) is 8.06. The van der Waals surface area contributed by atoms with E-state index in [-0.39, 0.29) is 5.41 Å². The molecule has 0 unspecified atom stereocenters. The first kappa shape index (κ1) is 10.6. The summed E-state index contributed by atoms with van der Waals surface area (Å²) in [4.78, 5) is 4.41. The highest BCUT2D eigenvalue weighted by Crippen LogP contribution is 2.28. The van der Waals surface area contributed by atoms with Gasteiger partial charge in [-0.1, -0.05) is 20.8 Å². The Morgan fingerprint density at radius 3 is 2.76 bits per heavy atom. The van der Waals surface area contributed by atoms with Gasteiger partial charge in [-0.25, -0.2) is 9.50 Å². The molecule has 2 aromatic rings. The molecule has 90 valence electrons. The van der Waals surface area contributed by atoms with Crippen molar-refractivity contribution in [3.05, 3.63) is 24.2 Å². The van der Waals surface area contributed by atoms with Crippen LogP contribution in [-0.4, -0.2) is 20.6 Å². The van der Waals surface area contributed by atoms with E-state index in [0.29, 0.717) is 6.04 Å². The zero-order valence-corrected chi connectivity index (χ0v) is 10.6. The molecular formula is C13H18N4. The standard InChI is InChI=1S/C13H18N4/c1-13(2,3)11-8-10-12(15-9-4-5-9)14-6-7-17(10)16-11/h6-9H,4-5H2,1-3H3,(H,14,15). The molecule has 1 saturated carbocycles. The molecule has 3 rings (SSSR count). The quantitative estimate of drug-likeness (QED) is 0.862. The number of hydrogen-bond acceptors (Lipinski definition) is 3. The number of anilines is 1. The Morgan fingerprint density at radius 2 is 2.12 bits per heavy atom. The molecule has 0 aromatic carbocycles. The monoisotopic (exact) mass is 230 g/mol. The molecule has 0 radical (unpaired) electrons. The third-order valence-electron chi connectivity index (χ3n) is 3.08. The molecule has 4 nitrogen and oxygen atoms in total. The molecule has 1 aliphatic carbocycles. The fourth-order valence-corrected chi connectivity index (χ4v) is 1.82. The van der Waals surface area contributed by atoms with E-state index < -0.39 is 0 Å². The van der Waals surface area contributed by atoms with Crippen molar-refractivity contribution < 1.29 is 0 Å². The highest BCUT2D eigenvalue weighted by Gasteiger charge is 2.24. The van der Waals surface area contributed by atoms with Crippen LogP contribution in [0.4, 0.5) is 5.82 Å². The van der Waals surface area contributed by atoms with E-state index in [2.05, 4.69) is 42.2 Å². The average molecular weight is 230 g/mol. The van der Waals surface area contributed by atoms with Crippen LogP contribution in [0.5, 0.6) is 0 Å². The van der Waals surface area contributed by atoms with Crippen molar-refractivity contribution in [3.63, 3.8) is 0 Å². The van der Waals surface area contributed by atoms with Crippen LogP contribution in [0.1, 0.15) is 39.3 Å². The summed E-state index contributed by atoms with van der Waals surface area (Å²) in [5.41, 5.74) is 2.25. The fraction of sp³-hybridized carbons (Fsp3) is 0.538. The Balaban J connectivity index is 2.07. The number of aromatic nitrogens is 3. The molecule has 1 N–H and O–H groups in total. The molecule has 4 heteroatoms. The van der Waals surface area contributed by atoms with Crippen LogP contribution in [-0.2, 0) is 5.41 Å². The number of nitrogens with one attached hydrogen (secondary N) is 1. The van der Waals surface area contributed by atoms with Crippen LogP contribution in [0, 0.1) is 0 Å². The van der Waals surface area contributed by atoms with Crippen LogP contribution >= 0.6 is 0 Å². The maximum Gasteiger partial charge on any atom is 0.152 e. The number of nitrogens with zero attached hydrogens (tertiary/aromatic N) is 3. The van der Waals surface area contributed by atoms with Gasteiger partial charge in [-0.3, -0.25) is 0 Å². The van der Waals surface area contributed by atoms with Crippen molar-refractivity contribution in [1.29, 1.82) is 0 Å². The lowest BCUT2D eigenvalue weighted by Crippen LogP contribution is -2.11. The van der Waals surface area contributed by atoms with Crippen LogP contribution in [0.15, 0.2) is 18.5 Å². The Morgan fingerprint density at radius 1 is 1.35 bits per heavy atom. The highest BCUT2D eigenvalue weighted by molar-refractivity contribution is 5.68. The van der Waals surface area contributed by atoms with Crippen LogP contribution in [0.25, 0.3) is 5.52 Å². The lowest BCUT2D eigenvalue weighted by Gasteiger charge is -2.13. The van der Waals surface area contributed by atoms with Crippen molar-refractivity contribution in [1.82, 2.24) is 14.6 Å². The van der Waals surface area contributed by atoms with Gasteiger partial charge in [0.2, 0.25) is 0 Å². The van der Waals surface area contributed by atoms with E-state index in [1.165, 1.54) is 12.8 Å². The van der Waals surface area contributed by atoms with Crippen molar-refractivity contribution in [2.45, 2.75) is 45.1 Å². The van der Waals surface area contributed by atoms with Gasteiger partial charge < -0.3 is 5.32 Å². The van der Waals surface area contributed by atoms with Crippen molar-refractivity contribution in [3.8, 4) is 0 Å². The first-order valence-corrected chi connectivity index (χ1v) is 6.15. The van der Waals surface area contributed by atoms with E-state index in [1.807, 2.05) is 10.7 Å². The summed E-state index contributed by atoms with van der Waals surface area (Å²) in [6, 6.07) is 2.75. The number of rotatable bonds is 2. The average Bonchev–Trinajstić information content (AvgIpc) is 2.93. The molecule has 0 spiro atoms. The minimum atomic E-state index is 0.0723. The maximum atomic E-state index is 4.61. The molecule has 0 amide bonds. The normalized spacial score (nSPS) is 16.4. The van der Waals surface area contributed by atoms with E-state index in [4.69, 9.17) is 0 Å². The summed E-state index contributed by atoms with van der Waals surface area (Å²) in [5.74, 6) is 0.956. The highest BCUT2D eigenvalue weighted by atomic mass is 15.2. The summed E-state index contributed by atoms with van der Waals surface area (Å²) in [6.45, 7) is 6.53. The van der Waals surface area contributed by atoms with Crippen molar-refractivity contribution in [2.24, 2.45) is 0 Å².